The molecule has 0 amide bonds. The van der Waals surface area contributed by atoms with Crippen molar-refractivity contribution in [2.75, 3.05) is 5.32 Å². The number of aromatic amines is 1. The second-order valence-corrected chi connectivity index (χ2v) is 4.96. The van der Waals surface area contributed by atoms with Crippen LogP contribution >= 0.6 is 11.6 Å². The normalized spacial score (nSPS) is 12.2. The maximum Gasteiger partial charge on any atom is 0.285 e. The summed E-state index contributed by atoms with van der Waals surface area (Å²) in [5.41, 5.74) is 3.80. The van der Waals surface area contributed by atoms with Gasteiger partial charge in [0, 0.05) is 6.04 Å². The monoisotopic (exact) mass is 277 g/mol. The average Bonchev–Trinajstić information content (AvgIpc) is 2.38. The first-order valence-electron chi connectivity index (χ1n) is 6.06. The molecule has 0 radical (unpaired) electrons. The molecule has 0 aliphatic heterocycles. The smallest absolute Gasteiger partial charge is 0.285 e. The molecule has 5 heteroatoms. The van der Waals surface area contributed by atoms with Gasteiger partial charge in [0.2, 0.25) is 0 Å². The molecular weight excluding hydrogens is 262 g/mol. The van der Waals surface area contributed by atoms with Crippen molar-refractivity contribution in [3.63, 3.8) is 0 Å². The molecule has 1 aromatic heterocycles. The third-order valence-corrected chi connectivity index (χ3v) is 3.66. The van der Waals surface area contributed by atoms with Crippen LogP contribution in [0.1, 0.15) is 29.7 Å². The van der Waals surface area contributed by atoms with Crippen LogP contribution in [0.3, 0.4) is 0 Å². The Kier molecular flexibility index (Phi) is 3.90. The summed E-state index contributed by atoms with van der Waals surface area (Å²) in [6, 6.07) is 6.20. The lowest BCUT2D eigenvalue weighted by Gasteiger charge is -2.19. The Balaban J connectivity index is 2.31. The van der Waals surface area contributed by atoms with Crippen molar-refractivity contribution in [3.8, 4) is 0 Å². The van der Waals surface area contributed by atoms with E-state index in [1.54, 1.807) is 0 Å². The zero-order valence-electron chi connectivity index (χ0n) is 11.1. The molecule has 0 aliphatic rings. The number of halogens is 1. The summed E-state index contributed by atoms with van der Waals surface area (Å²) < 4.78 is 0. The van der Waals surface area contributed by atoms with Crippen molar-refractivity contribution >= 4 is 17.3 Å². The lowest BCUT2D eigenvalue weighted by Crippen LogP contribution is -2.14. The van der Waals surface area contributed by atoms with Gasteiger partial charge in [0.1, 0.15) is 5.02 Å². The zero-order chi connectivity index (χ0) is 14.0. The fraction of sp³-hybridized carbons (Fsp3) is 0.286. The van der Waals surface area contributed by atoms with Crippen LogP contribution in [0.2, 0.25) is 5.02 Å². The summed E-state index contributed by atoms with van der Waals surface area (Å²) >= 11 is 5.95. The number of benzene rings is 1. The summed E-state index contributed by atoms with van der Waals surface area (Å²) in [6.07, 6.45) is 1.52. The van der Waals surface area contributed by atoms with Crippen molar-refractivity contribution < 1.29 is 0 Å². The largest absolute Gasteiger partial charge is 0.376 e. The quantitative estimate of drug-likeness (QED) is 0.906. The lowest BCUT2D eigenvalue weighted by molar-refractivity contribution is 0.863. The van der Waals surface area contributed by atoms with Crippen molar-refractivity contribution in [3.05, 3.63) is 56.5 Å². The average molecular weight is 278 g/mol. The molecule has 19 heavy (non-hydrogen) atoms. The fourth-order valence-electron chi connectivity index (χ4n) is 2.04. The Morgan fingerprint density at radius 2 is 2.11 bits per heavy atom. The molecule has 2 aromatic rings. The van der Waals surface area contributed by atoms with Crippen LogP contribution in [0.4, 0.5) is 5.69 Å². The zero-order valence-corrected chi connectivity index (χ0v) is 11.9. The number of rotatable bonds is 3. The Labute approximate surface area is 116 Å². The Morgan fingerprint density at radius 3 is 2.84 bits per heavy atom. The SMILES string of the molecule is Cc1cccc(C(C)Nc2cn[nH]c(=O)c2Cl)c1C. The van der Waals surface area contributed by atoms with Crippen molar-refractivity contribution in [2.45, 2.75) is 26.8 Å². The van der Waals surface area contributed by atoms with Crippen LogP contribution < -0.4 is 10.9 Å². The maximum absolute atomic E-state index is 11.4. The summed E-state index contributed by atoms with van der Waals surface area (Å²) in [5.74, 6) is 0. The van der Waals surface area contributed by atoms with Crippen LogP contribution in [0.25, 0.3) is 0 Å². The number of hydrogen-bond donors (Lipinski definition) is 2. The van der Waals surface area contributed by atoms with E-state index in [-0.39, 0.29) is 16.6 Å². The summed E-state index contributed by atoms with van der Waals surface area (Å²) in [7, 11) is 0. The van der Waals surface area contributed by atoms with Crippen molar-refractivity contribution in [2.24, 2.45) is 0 Å². The van der Waals surface area contributed by atoms with Gasteiger partial charge in [0.05, 0.1) is 11.9 Å². The lowest BCUT2D eigenvalue weighted by atomic mass is 9.98. The van der Waals surface area contributed by atoms with Crippen LogP contribution in [0, 0.1) is 13.8 Å². The molecule has 1 atom stereocenters. The molecule has 2 rings (SSSR count). The van der Waals surface area contributed by atoms with Gasteiger partial charge in [-0.05, 0) is 37.5 Å². The molecule has 1 aromatic carbocycles. The second kappa shape index (κ2) is 5.45. The number of H-pyrrole nitrogens is 1. The van der Waals surface area contributed by atoms with Crippen LogP contribution in [0.5, 0.6) is 0 Å². The van der Waals surface area contributed by atoms with Gasteiger partial charge in [0.25, 0.3) is 5.56 Å². The topological polar surface area (TPSA) is 57.8 Å². The van der Waals surface area contributed by atoms with E-state index in [2.05, 4.69) is 41.5 Å². The molecule has 4 nitrogen and oxygen atoms in total. The van der Waals surface area contributed by atoms with E-state index in [1.165, 1.54) is 22.9 Å². The number of anilines is 1. The molecule has 2 N–H and O–H groups in total. The van der Waals surface area contributed by atoms with Gasteiger partial charge in [0.15, 0.2) is 0 Å². The van der Waals surface area contributed by atoms with Gasteiger partial charge >= 0.3 is 0 Å². The van der Waals surface area contributed by atoms with Crippen molar-refractivity contribution in [1.29, 1.82) is 0 Å². The summed E-state index contributed by atoms with van der Waals surface area (Å²) in [5, 5.41) is 9.40. The minimum absolute atomic E-state index is 0.0426. The van der Waals surface area contributed by atoms with Gasteiger partial charge in [-0.15, -0.1) is 0 Å². The maximum atomic E-state index is 11.4. The number of nitrogens with one attached hydrogen (secondary N) is 2. The fourth-order valence-corrected chi connectivity index (χ4v) is 2.18. The highest BCUT2D eigenvalue weighted by molar-refractivity contribution is 6.32. The molecular formula is C14H16ClN3O. The molecule has 0 saturated heterocycles. The van der Waals surface area contributed by atoms with Crippen molar-refractivity contribution in [1.82, 2.24) is 10.2 Å². The molecule has 0 saturated carbocycles. The van der Waals surface area contributed by atoms with Crippen LogP contribution in [-0.2, 0) is 0 Å². The Morgan fingerprint density at radius 1 is 1.37 bits per heavy atom. The molecule has 0 aliphatic carbocycles. The number of nitrogens with zero attached hydrogens (tertiary/aromatic N) is 1. The van der Waals surface area contributed by atoms with Gasteiger partial charge < -0.3 is 5.32 Å². The minimum atomic E-state index is -0.389. The highest BCUT2D eigenvalue weighted by Crippen LogP contribution is 2.25. The summed E-state index contributed by atoms with van der Waals surface area (Å²) in [4.78, 5) is 11.4. The Hall–Kier alpha value is -1.81. The predicted octanol–water partition coefficient (Wildman–Crippen LogP) is 3.21. The first-order chi connectivity index (χ1) is 9.00. The van der Waals surface area contributed by atoms with Gasteiger partial charge in [-0.2, -0.15) is 5.10 Å². The number of aryl methyl sites for hydroxylation is 1. The molecule has 1 heterocycles. The molecule has 0 bridgehead atoms. The highest BCUT2D eigenvalue weighted by Gasteiger charge is 2.12. The van der Waals surface area contributed by atoms with Gasteiger partial charge in [-0.3, -0.25) is 4.79 Å². The minimum Gasteiger partial charge on any atom is -0.376 e. The van der Waals surface area contributed by atoms with E-state index in [1.807, 2.05) is 13.0 Å². The number of aromatic nitrogens is 2. The van der Waals surface area contributed by atoms with E-state index in [0.717, 1.165) is 0 Å². The molecule has 100 valence electrons. The standard InChI is InChI=1S/C14H16ClN3O/c1-8-5-4-6-11(9(8)2)10(3)17-12-7-16-18-14(19)13(12)15/h4-7,10H,1-3H3,(H2,17,18,19). The molecule has 1 unspecified atom stereocenters. The molecule has 0 spiro atoms. The van der Waals surface area contributed by atoms with E-state index >= 15 is 0 Å². The van der Waals surface area contributed by atoms with E-state index in [9.17, 15) is 4.79 Å². The third-order valence-electron chi connectivity index (χ3n) is 3.28. The highest BCUT2D eigenvalue weighted by atomic mass is 35.5. The van der Waals surface area contributed by atoms with Crippen LogP contribution in [0.15, 0.2) is 29.2 Å². The molecule has 0 fully saturated rings. The van der Waals surface area contributed by atoms with E-state index in [0.29, 0.717) is 5.69 Å². The summed E-state index contributed by atoms with van der Waals surface area (Å²) in [6.45, 7) is 6.19. The van der Waals surface area contributed by atoms with Crippen LogP contribution in [-0.4, -0.2) is 10.2 Å². The van der Waals surface area contributed by atoms with E-state index in [4.69, 9.17) is 11.6 Å². The third kappa shape index (κ3) is 2.79. The number of hydrogen-bond acceptors (Lipinski definition) is 3. The first kappa shape index (κ1) is 13.6. The predicted molar refractivity (Wildman–Crippen MR) is 77.8 cm³/mol. The van der Waals surface area contributed by atoms with E-state index < -0.39 is 0 Å². The Bertz CT molecular complexity index is 651. The van der Waals surface area contributed by atoms with Gasteiger partial charge in [-0.1, -0.05) is 29.8 Å². The first-order valence-corrected chi connectivity index (χ1v) is 6.44. The van der Waals surface area contributed by atoms with Gasteiger partial charge in [-0.25, -0.2) is 5.10 Å². The second-order valence-electron chi connectivity index (χ2n) is 4.58.